The maximum Gasteiger partial charge on any atom is 0.226 e. The monoisotopic (exact) mass is 397 g/mol. The van der Waals surface area contributed by atoms with Crippen LogP contribution in [-0.4, -0.2) is 60.2 Å². The Morgan fingerprint density at radius 1 is 1.26 bits per heavy atom. The van der Waals surface area contributed by atoms with Gasteiger partial charge in [-0.05, 0) is 30.7 Å². The third kappa shape index (κ3) is 6.89. The van der Waals surface area contributed by atoms with Crippen molar-refractivity contribution in [1.29, 1.82) is 0 Å². The smallest absolute Gasteiger partial charge is 0.226 e. The van der Waals surface area contributed by atoms with Crippen LogP contribution in [0.2, 0.25) is 0 Å². The van der Waals surface area contributed by atoms with E-state index in [1.165, 1.54) is 12.1 Å². The zero-order valence-corrected chi connectivity index (χ0v) is 15.9. The lowest BCUT2D eigenvalue weighted by Crippen LogP contribution is -2.46. The van der Waals surface area contributed by atoms with Gasteiger partial charge in [-0.1, -0.05) is 5.16 Å². The highest BCUT2D eigenvalue weighted by molar-refractivity contribution is 5.85. The minimum atomic E-state index is -0.305. The van der Waals surface area contributed by atoms with Crippen LogP contribution in [0.5, 0.6) is 0 Å². The molecule has 0 unspecified atom stereocenters. The van der Waals surface area contributed by atoms with Gasteiger partial charge >= 0.3 is 0 Å². The van der Waals surface area contributed by atoms with Gasteiger partial charge in [0, 0.05) is 57.7 Å². The fourth-order valence-corrected chi connectivity index (χ4v) is 2.85. The minimum Gasteiger partial charge on any atom is -0.355 e. The molecule has 148 valence electrons. The Bertz CT molecular complexity index is 704. The Hall–Kier alpha value is -2.03. The number of piperazine rings is 1. The number of nitrogens with one attached hydrogen (secondary N) is 2. The second-order valence-corrected chi connectivity index (χ2v) is 6.31. The van der Waals surface area contributed by atoms with Crippen molar-refractivity contribution >= 4 is 18.3 Å². The molecule has 0 atom stereocenters. The Morgan fingerprint density at radius 2 is 2.00 bits per heavy atom. The molecule has 0 spiro atoms. The number of nitrogens with zero attached hydrogens (tertiary/aromatic N) is 3. The summed E-state index contributed by atoms with van der Waals surface area (Å²) in [5.41, 5.74) is 0.701. The third-order valence-corrected chi connectivity index (χ3v) is 4.32. The number of rotatable bonds is 8. The number of halogens is 2. The highest BCUT2D eigenvalue weighted by Crippen LogP contribution is 2.16. The summed E-state index contributed by atoms with van der Waals surface area (Å²) < 4.78 is 18.1. The second kappa shape index (κ2) is 11.0. The molecule has 3 rings (SSSR count). The van der Waals surface area contributed by atoms with Gasteiger partial charge in [0.25, 0.3) is 0 Å². The molecule has 1 aliphatic heterocycles. The highest BCUT2D eigenvalue weighted by Gasteiger charge is 2.11. The molecular weight excluding hydrogens is 373 g/mol. The number of amides is 1. The second-order valence-electron chi connectivity index (χ2n) is 6.31. The Kier molecular flexibility index (Phi) is 8.63. The molecule has 0 saturated carbocycles. The molecule has 1 amide bonds. The summed E-state index contributed by atoms with van der Waals surface area (Å²) in [7, 11) is 0. The van der Waals surface area contributed by atoms with Crippen molar-refractivity contribution in [2.45, 2.75) is 19.3 Å². The summed E-state index contributed by atoms with van der Waals surface area (Å²) in [6.45, 7) is 5.65. The fraction of sp³-hybridized carbons (Fsp3) is 0.500. The number of aromatic nitrogens is 2. The number of carbonyl (C=O) groups is 1. The first kappa shape index (κ1) is 21.3. The van der Waals surface area contributed by atoms with E-state index in [4.69, 9.17) is 4.52 Å². The van der Waals surface area contributed by atoms with E-state index in [9.17, 15) is 9.18 Å². The predicted molar refractivity (Wildman–Crippen MR) is 102 cm³/mol. The summed E-state index contributed by atoms with van der Waals surface area (Å²) in [6, 6.07) is 5.93. The quantitative estimate of drug-likeness (QED) is 0.704. The van der Waals surface area contributed by atoms with Crippen LogP contribution in [0.4, 0.5) is 4.39 Å². The van der Waals surface area contributed by atoms with Gasteiger partial charge in [0.05, 0.1) is 0 Å². The van der Waals surface area contributed by atoms with Crippen LogP contribution in [0, 0.1) is 5.82 Å². The molecule has 27 heavy (non-hydrogen) atoms. The van der Waals surface area contributed by atoms with Crippen molar-refractivity contribution in [2.24, 2.45) is 0 Å². The normalized spacial score (nSPS) is 14.6. The van der Waals surface area contributed by atoms with Crippen LogP contribution < -0.4 is 10.6 Å². The lowest BCUT2D eigenvalue weighted by Gasteiger charge is -2.27. The summed E-state index contributed by atoms with van der Waals surface area (Å²) in [5.74, 6) is 0.650. The molecule has 0 aliphatic carbocycles. The third-order valence-electron chi connectivity index (χ3n) is 4.32. The maximum absolute atomic E-state index is 12.9. The molecule has 1 saturated heterocycles. The standard InChI is InChI=1S/C18H24FN5O2.ClH/c19-15-6-4-14(5-7-15)18-22-17(26-23-18)3-1-2-16(25)21-10-13-24-11-8-20-9-12-24;/h4-7,20H,1-3,8-13H2,(H,21,25);1H. The summed E-state index contributed by atoms with van der Waals surface area (Å²) in [5, 5.41) is 10.2. The van der Waals surface area contributed by atoms with E-state index in [0.717, 1.165) is 32.7 Å². The van der Waals surface area contributed by atoms with Crippen LogP contribution >= 0.6 is 12.4 Å². The molecular formula is C18H25ClFN5O2. The molecule has 2 aromatic rings. The first-order valence-electron chi connectivity index (χ1n) is 8.99. The lowest BCUT2D eigenvalue weighted by atomic mass is 10.2. The number of benzene rings is 1. The Labute approximate surface area is 164 Å². The molecule has 9 heteroatoms. The summed E-state index contributed by atoms with van der Waals surface area (Å²) in [6.07, 6.45) is 1.61. The minimum absolute atomic E-state index is 0. The SMILES string of the molecule is Cl.O=C(CCCc1nc(-c2ccc(F)cc2)no1)NCCN1CCNCC1. The van der Waals surface area contributed by atoms with Crippen LogP contribution in [0.1, 0.15) is 18.7 Å². The van der Waals surface area contributed by atoms with Crippen molar-refractivity contribution in [1.82, 2.24) is 25.7 Å². The van der Waals surface area contributed by atoms with Gasteiger partial charge < -0.3 is 15.2 Å². The molecule has 1 aliphatic rings. The molecule has 2 N–H and O–H groups in total. The van der Waals surface area contributed by atoms with Crippen molar-refractivity contribution in [3.8, 4) is 11.4 Å². The van der Waals surface area contributed by atoms with Gasteiger partial charge in [-0.2, -0.15) is 4.98 Å². The van der Waals surface area contributed by atoms with Gasteiger partial charge in [-0.25, -0.2) is 4.39 Å². The molecule has 7 nitrogen and oxygen atoms in total. The molecule has 1 aromatic heterocycles. The number of hydrogen-bond acceptors (Lipinski definition) is 6. The van der Waals surface area contributed by atoms with E-state index in [2.05, 4.69) is 25.7 Å². The van der Waals surface area contributed by atoms with Crippen LogP contribution in [0.15, 0.2) is 28.8 Å². The van der Waals surface area contributed by atoms with Gasteiger partial charge in [0.2, 0.25) is 17.6 Å². The molecule has 2 heterocycles. The van der Waals surface area contributed by atoms with E-state index >= 15 is 0 Å². The van der Waals surface area contributed by atoms with Crippen LogP contribution in [0.25, 0.3) is 11.4 Å². The van der Waals surface area contributed by atoms with Crippen molar-refractivity contribution in [3.63, 3.8) is 0 Å². The van der Waals surface area contributed by atoms with Crippen LogP contribution in [0.3, 0.4) is 0 Å². The maximum atomic E-state index is 12.9. The largest absolute Gasteiger partial charge is 0.355 e. The molecule has 0 radical (unpaired) electrons. The number of aryl methyl sites for hydroxylation is 1. The average molecular weight is 398 g/mol. The number of hydrogen-bond donors (Lipinski definition) is 2. The Balaban J connectivity index is 0.00000261. The van der Waals surface area contributed by atoms with Gasteiger partial charge in [0.15, 0.2) is 0 Å². The zero-order valence-electron chi connectivity index (χ0n) is 15.1. The summed E-state index contributed by atoms with van der Waals surface area (Å²) >= 11 is 0. The Morgan fingerprint density at radius 3 is 2.74 bits per heavy atom. The van der Waals surface area contributed by atoms with E-state index < -0.39 is 0 Å². The zero-order chi connectivity index (χ0) is 18.2. The van der Waals surface area contributed by atoms with Crippen LogP contribution in [-0.2, 0) is 11.2 Å². The molecule has 0 bridgehead atoms. The number of carbonyl (C=O) groups excluding carboxylic acids is 1. The summed E-state index contributed by atoms with van der Waals surface area (Å²) in [4.78, 5) is 18.5. The molecule has 1 aromatic carbocycles. The van der Waals surface area contributed by atoms with Crippen molar-refractivity contribution in [3.05, 3.63) is 36.0 Å². The van der Waals surface area contributed by atoms with E-state index in [-0.39, 0.29) is 24.1 Å². The van der Waals surface area contributed by atoms with Crippen molar-refractivity contribution in [2.75, 3.05) is 39.3 Å². The van der Waals surface area contributed by atoms with E-state index in [1.807, 2.05) is 0 Å². The lowest BCUT2D eigenvalue weighted by molar-refractivity contribution is -0.121. The van der Waals surface area contributed by atoms with Crippen molar-refractivity contribution < 1.29 is 13.7 Å². The average Bonchev–Trinajstić information content (AvgIpc) is 3.12. The van der Waals surface area contributed by atoms with Gasteiger partial charge in [-0.15, -0.1) is 12.4 Å². The highest BCUT2D eigenvalue weighted by atomic mass is 35.5. The van der Waals surface area contributed by atoms with Gasteiger partial charge in [0.1, 0.15) is 5.82 Å². The fourth-order valence-electron chi connectivity index (χ4n) is 2.85. The van der Waals surface area contributed by atoms with Gasteiger partial charge in [-0.3, -0.25) is 9.69 Å². The topological polar surface area (TPSA) is 83.3 Å². The predicted octanol–water partition coefficient (Wildman–Crippen LogP) is 1.64. The first-order valence-corrected chi connectivity index (χ1v) is 8.99. The van der Waals surface area contributed by atoms with E-state index in [0.29, 0.717) is 43.1 Å². The van der Waals surface area contributed by atoms with E-state index in [1.54, 1.807) is 12.1 Å². The first-order chi connectivity index (χ1) is 12.7. The molecule has 1 fully saturated rings.